The molecule has 0 saturated heterocycles. The van der Waals surface area contributed by atoms with Crippen molar-refractivity contribution in [2.24, 2.45) is 0 Å². The van der Waals surface area contributed by atoms with Gasteiger partial charge in [0, 0.05) is 22.6 Å². The molecule has 4 rings (SSSR count). The fourth-order valence-corrected chi connectivity index (χ4v) is 4.40. The van der Waals surface area contributed by atoms with Crippen LogP contribution in [0.15, 0.2) is 42.5 Å². The minimum absolute atomic E-state index is 0.0982. The van der Waals surface area contributed by atoms with Crippen molar-refractivity contribution in [3.8, 4) is 5.69 Å². The van der Waals surface area contributed by atoms with Crippen molar-refractivity contribution in [2.45, 2.75) is 32.3 Å². The van der Waals surface area contributed by atoms with Gasteiger partial charge in [-0.3, -0.25) is 4.79 Å². The number of carbonyl (C=O) groups is 1. The van der Waals surface area contributed by atoms with Crippen LogP contribution in [0.2, 0.25) is 0 Å². The molecule has 0 atom stereocenters. The number of anilines is 1. The fourth-order valence-electron chi connectivity index (χ4n) is 3.37. The lowest BCUT2D eigenvalue weighted by Crippen LogP contribution is -2.16. The summed E-state index contributed by atoms with van der Waals surface area (Å²) in [4.78, 5) is 12.8. The van der Waals surface area contributed by atoms with Crippen LogP contribution in [0, 0.1) is 20.8 Å². The molecule has 1 aliphatic rings. The van der Waals surface area contributed by atoms with E-state index in [2.05, 4.69) is 37.4 Å². The van der Waals surface area contributed by atoms with Crippen LogP contribution in [0.4, 0.5) is 5.82 Å². The maximum Gasteiger partial charge on any atom is 0.256 e. The van der Waals surface area contributed by atoms with Gasteiger partial charge in [-0.15, -0.1) is 0 Å². The highest BCUT2D eigenvalue weighted by Gasteiger charge is 2.25. The van der Waals surface area contributed by atoms with Crippen LogP contribution < -0.4 is 5.32 Å². The number of aromatic nitrogens is 2. The molecule has 0 spiro atoms. The standard InChI is InChI=1S/C21H21N3OS/c1-13-5-4-6-16(8-13)21(25)22-20-18-11-26-12-19(18)23-24(20)17-9-14(2)7-15(3)10-17/h4-10H,11-12H2,1-3H3,(H,22,25). The summed E-state index contributed by atoms with van der Waals surface area (Å²) >= 11 is 1.83. The van der Waals surface area contributed by atoms with Crippen molar-refractivity contribution in [1.82, 2.24) is 9.78 Å². The van der Waals surface area contributed by atoms with Crippen LogP contribution in [0.25, 0.3) is 5.69 Å². The highest BCUT2D eigenvalue weighted by atomic mass is 32.2. The van der Waals surface area contributed by atoms with Crippen LogP contribution in [0.1, 0.15) is 38.3 Å². The SMILES string of the molecule is Cc1cccc(C(=O)Nc2c3c(nn2-c2cc(C)cc(C)c2)CSC3)c1. The van der Waals surface area contributed by atoms with Crippen LogP contribution in [0.3, 0.4) is 0 Å². The second-order valence-electron chi connectivity index (χ2n) is 6.85. The lowest BCUT2D eigenvalue weighted by atomic mass is 10.1. The Balaban J connectivity index is 1.77. The summed E-state index contributed by atoms with van der Waals surface area (Å²) in [6.07, 6.45) is 0. The molecule has 1 N–H and O–H groups in total. The molecule has 1 aliphatic heterocycles. The van der Waals surface area contributed by atoms with Gasteiger partial charge in [-0.25, -0.2) is 4.68 Å². The molecular weight excluding hydrogens is 342 g/mol. The molecule has 0 fully saturated rings. The first-order chi connectivity index (χ1) is 12.5. The number of fused-ring (bicyclic) bond motifs is 1. The molecule has 3 aromatic rings. The molecule has 2 heterocycles. The van der Waals surface area contributed by atoms with E-state index in [1.807, 2.05) is 47.6 Å². The molecule has 0 bridgehead atoms. The molecule has 26 heavy (non-hydrogen) atoms. The van der Waals surface area contributed by atoms with Gasteiger partial charge in [-0.2, -0.15) is 16.9 Å². The van der Waals surface area contributed by atoms with Crippen molar-refractivity contribution in [2.75, 3.05) is 5.32 Å². The third-order valence-electron chi connectivity index (χ3n) is 4.52. The number of aryl methyl sites for hydroxylation is 3. The van der Waals surface area contributed by atoms with Crippen LogP contribution in [0.5, 0.6) is 0 Å². The zero-order valence-corrected chi connectivity index (χ0v) is 16.0. The first kappa shape index (κ1) is 16.9. The summed E-state index contributed by atoms with van der Waals surface area (Å²) in [6.45, 7) is 6.15. The van der Waals surface area contributed by atoms with E-state index < -0.39 is 0 Å². The summed E-state index contributed by atoms with van der Waals surface area (Å²) in [7, 11) is 0. The number of nitrogens with one attached hydrogen (secondary N) is 1. The zero-order chi connectivity index (χ0) is 18.3. The molecular formula is C21H21N3OS. The Morgan fingerprint density at radius 2 is 1.81 bits per heavy atom. The molecule has 0 aliphatic carbocycles. The number of hydrogen-bond donors (Lipinski definition) is 1. The number of benzene rings is 2. The van der Waals surface area contributed by atoms with Gasteiger partial charge in [0.15, 0.2) is 0 Å². The Labute approximate surface area is 157 Å². The molecule has 4 nitrogen and oxygen atoms in total. The van der Waals surface area contributed by atoms with E-state index >= 15 is 0 Å². The van der Waals surface area contributed by atoms with Gasteiger partial charge in [-0.1, -0.05) is 23.8 Å². The summed E-state index contributed by atoms with van der Waals surface area (Å²) < 4.78 is 1.89. The highest BCUT2D eigenvalue weighted by molar-refractivity contribution is 7.98. The minimum Gasteiger partial charge on any atom is -0.306 e. The first-order valence-electron chi connectivity index (χ1n) is 8.66. The molecule has 0 saturated carbocycles. The van der Waals surface area contributed by atoms with Gasteiger partial charge in [-0.05, 0) is 56.2 Å². The summed E-state index contributed by atoms with van der Waals surface area (Å²) in [6, 6.07) is 14.0. The average molecular weight is 363 g/mol. The first-order valence-corrected chi connectivity index (χ1v) is 9.82. The summed E-state index contributed by atoms with van der Waals surface area (Å²) in [5.74, 6) is 2.46. The van der Waals surface area contributed by atoms with E-state index in [1.54, 1.807) is 0 Å². The molecule has 0 radical (unpaired) electrons. The third kappa shape index (κ3) is 3.15. The fraction of sp³-hybridized carbons (Fsp3) is 0.238. The number of rotatable bonds is 3. The Kier molecular flexibility index (Phi) is 4.32. The van der Waals surface area contributed by atoms with E-state index in [0.29, 0.717) is 5.56 Å². The summed E-state index contributed by atoms with van der Waals surface area (Å²) in [5, 5.41) is 7.91. The van der Waals surface area contributed by atoms with Gasteiger partial charge in [0.1, 0.15) is 5.82 Å². The molecule has 1 amide bonds. The van der Waals surface area contributed by atoms with E-state index in [9.17, 15) is 4.79 Å². The minimum atomic E-state index is -0.0982. The Hall–Kier alpha value is -2.53. The quantitative estimate of drug-likeness (QED) is 0.727. The maximum absolute atomic E-state index is 12.8. The van der Waals surface area contributed by atoms with Crippen molar-refractivity contribution in [3.63, 3.8) is 0 Å². The van der Waals surface area contributed by atoms with Crippen LogP contribution in [-0.2, 0) is 11.5 Å². The normalized spacial score (nSPS) is 12.9. The van der Waals surface area contributed by atoms with Crippen LogP contribution >= 0.6 is 11.8 Å². The lowest BCUT2D eigenvalue weighted by molar-refractivity contribution is 0.102. The van der Waals surface area contributed by atoms with Gasteiger partial charge in [0.2, 0.25) is 0 Å². The maximum atomic E-state index is 12.8. The Morgan fingerprint density at radius 1 is 1.04 bits per heavy atom. The van der Waals surface area contributed by atoms with E-state index in [-0.39, 0.29) is 5.91 Å². The Bertz CT molecular complexity index is 986. The lowest BCUT2D eigenvalue weighted by Gasteiger charge is -2.12. The number of hydrogen-bond acceptors (Lipinski definition) is 3. The van der Waals surface area contributed by atoms with E-state index in [0.717, 1.165) is 39.8 Å². The molecule has 1 aromatic heterocycles. The molecule has 2 aromatic carbocycles. The summed E-state index contributed by atoms with van der Waals surface area (Å²) in [5.41, 5.74) is 7.28. The second kappa shape index (κ2) is 6.65. The topological polar surface area (TPSA) is 46.9 Å². The predicted molar refractivity (Wildman–Crippen MR) is 107 cm³/mol. The van der Waals surface area contributed by atoms with E-state index in [4.69, 9.17) is 5.10 Å². The van der Waals surface area contributed by atoms with Gasteiger partial charge >= 0.3 is 0 Å². The van der Waals surface area contributed by atoms with Crippen molar-refractivity contribution < 1.29 is 4.79 Å². The second-order valence-corrected chi connectivity index (χ2v) is 7.83. The zero-order valence-electron chi connectivity index (χ0n) is 15.2. The number of amides is 1. The third-order valence-corrected chi connectivity index (χ3v) is 5.49. The largest absolute Gasteiger partial charge is 0.306 e. The smallest absolute Gasteiger partial charge is 0.256 e. The predicted octanol–water partition coefficient (Wildman–Crippen LogP) is 4.80. The highest BCUT2D eigenvalue weighted by Crippen LogP contribution is 2.36. The van der Waals surface area contributed by atoms with Crippen LogP contribution in [-0.4, -0.2) is 15.7 Å². The molecule has 132 valence electrons. The number of carbonyl (C=O) groups excluding carboxylic acids is 1. The monoisotopic (exact) mass is 363 g/mol. The van der Waals surface area contributed by atoms with Crippen molar-refractivity contribution in [1.29, 1.82) is 0 Å². The van der Waals surface area contributed by atoms with Crippen molar-refractivity contribution >= 4 is 23.5 Å². The Morgan fingerprint density at radius 3 is 2.54 bits per heavy atom. The molecule has 5 heteroatoms. The number of thioether (sulfide) groups is 1. The van der Waals surface area contributed by atoms with Gasteiger partial charge in [0.05, 0.1) is 11.4 Å². The molecule has 0 unspecified atom stereocenters. The van der Waals surface area contributed by atoms with E-state index in [1.165, 1.54) is 11.1 Å². The number of nitrogens with zero attached hydrogens (tertiary/aromatic N) is 2. The average Bonchev–Trinajstić information content (AvgIpc) is 3.16. The van der Waals surface area contributed by atoms with Gasteiger partial charge in [0.25, 0.3) is 5.91 Å². The van der Waals surface area contributed by atoms with Gasteiger partial charge < -0.3 is 5.32 Å². The van der Waals surface area contributed by atoms with Crippen molar-refractivity contribution in [3.05, 3.63) is 76.0 Å².